The molecule has 76 valence electrons. The van der Waals surface area contributed by atoms with Gasteiger partial charge in [-0.3, -0.25) is 0 Å². The monoisotopic (exact) mass is 181 g/mol. The molecule has 4 atom stereocenters. The van der Waals surface area contributed by atoms with E-state index >= 15 is 0 Å². The Bertz CT molecular complexity index is 167. The number of hydrogen-bond acceptors (Lipinski definition) is 1. The van der Waals surface area contributed by atoms with Crippen molar-refractivity contribution in [1.29, 1.82) is 0 Å². The van der Waals surface area contributed by atoms with Gasteiger partial charge in [0.25, 0.3) is 0 Å². The van der Waals surface area contributed by atoms with Gasteiger partial charge in [0.15, 0.2) is 0 Å². The number of hydrogen-bond donors (Lipinski definition) is 1. The van der Waals surface area contributed by atoms with E-state index in [0.717, 1.165) is 17.8 Å². The molecule has 2 saturated carbocycles. The van der Waals surface area contributed by atoms with Gasteiger partial charge in [-0.1, -0.05) is 32.6 Å². The second-order valence-corrected chi connectivity index (χ2v) is 5.11. The maximum Gasteiger partial charge on any atom is 0.00699 e. The van der Waals surface area contributed by atoms with Crippen LogP contribution in [-0.2, 0) is 0 Å². The van der Waals surface area contributed by atoms with Crippen molar-refractivity contribution in [2.75, 3.05) is 0 Å². The van der Waals surface area contributed by atoms with Crippen molar-refractivity contribution < 1.29 is 0 Å². The van der Waals surface area contributed by atoms with Crippen molar-refractivity contribution >= 4 is 0 Å². The summed E-state index contributed by atoms with van der Waals surface area (Å²) in [6.07, 6.45) is 9.99. The van der Waals surface area contributed by atoms with Crippen LogP contribution < -0.4 is 5.73 Å². The Balaban J connectivity index is 1.85. The molecule has 2 fully saturated rings. The molecule has 4 unspecified atom stereocenters. The fraction of sp³-hybridized carbons (Fsp3) is 1.00. The van der Waals surface area contributed by atoms with E-state index in [9.17, 15) is 0 Å². The van der Waals surface area contributed by atoms with Gasteiger partial charge in [0.1, 0.15) is 0 Å². The van der Waals surface area contributed by atoms with Crippen LogP contribution >= 0.6 is 0 Å². The van der Waals surface area contributed by atoms with Crippen molar-refractivity contribution in [2.45, 2.75) is 57.9 Å². The van der Waals surface area contributed by atoms with Crippen LogP contribution in [0.15, 0.2) is 0 Å². The van der Waals surface area contributed by atoms with Gasteiger partial charge >= 0.3 is 0 Å². The first-order chi connectivity index (χ1) is 6.31. The van der Waals surface area contributed by atoms with Crippen LogP contribution in [-0.4, -0.2) is 6.04 Å². The summed E-state index contributed by atoms with van der Waals surface area (Å²) in [5.41, 5.74) is 6.04. The molecular formula is C12H23N. The summed E-state index contributed by atoms with van der Waals surface area (Å²) in [5.74, 6) is 2.91. The Morgan fingerprint density at radius 2 is 2.00 bits per heavy atom. The summed E-state index contributed by atoms with van der Waals surface area (Å²) in [4.78, 5) is 0. The van der Waals surface area contributed by atoms with E-state index in [4.69, 9.17) is 5.73 Å². The highest BCUT2D eigenvalue weighted by molar-refractivity contribution is 4.90. The average molecular weight is 181 g/mol. The summed E-state index contributed by atoms with van der Waals surface area (Å²) in [6.45, 7) is 2.34. The molecule has 0 radical (unpaired) electrons. The van der Waals surface area contributed by atoms with Crippen LogP contribution in [0.25, 0.3) is 0 Å². The molecule has 0 aromatic rings. The predicted octanol–water partition coefficient (Wildman–Crippen LogP) is 2.94. The molecule has 0 aromatic heterocycles. The molecule has 0 spiro atoms. The van der Waals surface area contributed by atoms with Crippen molar-refractivity contribution in [3.8, 4) is 0 Å². The molecule has 2 rings (SSSR count). The maximum atomic E-state index is 6.04. The van der Waals surface area contributed by atoms with Gasteiger partial charge in [-0.2, -0.15) is 0 Å². The Kier molecular flexibility index (Phi) is 2.92. The molecule has 0 aromatic carbocycles. The zero-order valence-corrected chi connectivity index (χ0v) is 8.84. The summed E-state index contributed by atoms with van der Waals surface area (Å²) >= 11 is 0. The minimum Gasteiger partial charge on any atom is -0.327 e. The van der Waals surface area contributed by atoms with E-state index in [2.05, 4.69) is 6.92 Å². The number of rotatable bonds is 2. The van der Waals surface area contributed by atoms with E-state index in [1.165, 1.54) is 44.9 Å². The largest absolute Gasteiger partial charge is 0.327 e. The van der Waals surface area contributed by atoms with E-state index in [0.29, 0.717) is 6.04 Å². The minimum absolute atomic E-state index is 0.556. The highest BCUT2D eigenvalue weighted by Crippen LogP contribution is 2.42. The Hall–Kier alpha value is -0.0400. The Labute approximate surface area is 82.1 Å². The van der Waals surface area contributed by atoms with E-state index in [1.54, 1.807) is 0 Å². The van der Waals surface area contributed by atoms with Crippen LogP contribution in [0.4, 0.5) is 0 Å². The first-order valence-electron chi connectivity index (χ1n) is 6.06. The third kappa shape index (κ3) is 1.90. The quantitative estimate of drug-likeness (QED) is 0.696. The van der Waals surface area contributed by atoms with Crippen LogP contribution in [0.3, 0.4) is 0 Å². The molecule has 2 aliphatic carbocycles. The predicted molar refractivity (Wildman–Crippen MR) is 56.4 cm³/mol. The topological polar surface area (TPSA) is 26.0 Å². The van der Waals surface area contributed by atoms with Crippen LogP contribution in [0.5, 0.6) is 0 Å². The third-order valence-corrected chi connectivity index (χ3v) is 4.39. The third-order valence-electron chi connectivity index (χ3n) is 4.39. The lowest BCUT2D eigenvalue weighted by Crippen LogP contribution is -2.44. The second-order valence-electron chi connectivity index (χ2n) is 5.11. The minimum atomic E-state index is 0.556. The van der Waals surface area contributed by atoms with E-state index < -0.39 is 0 Å². The van der Waals surface area contributed by atoms with Crippen LogP contribution in [0.1, 0.15) is 51.9 Å². The van der Waals surface area contributed by atoms with Crippen LogP contribution in [0, 0.1) is 17.8 Å². The van der Waals surface area contributed by atoms with E-state index in [-0.39, 0.29) is 0 Å². The lowest BCUT2D eigenvalue weighted by atomic mass is 9.65. The van der Waals surface area contributed by atoms with Crippen molar-refractivity contribution in [3.63, 3.8) is 0 Å². The molecule has 0 saturated heterocycles. The van der Waals surface area contributed by atoms with Gasteiger partial charge in [-0.05, 0) is 37.0 Å². The molecule has 0 amide bonds. The first-order valence-corrected chi connectivity index (χ1v) is 6.06. The van der Waals surface area contributed by atoms with Crippen LogP contribution in [0.2, 0.25) is 0 Å². The molecule has 1 nitrogen and oxygen atoms in total. The molecule has 2 aliphatic rings. The zero-order chi connectivity index (χ0) is 9.26. The summed E-state index contributed by atoms with van der Waals surface area (Å²) in [6, 6.07) is 0.556. The lowest BCUT2D eigenvalue weighted by Gasteiger charge is -2.43. The van der Waals surface area contributed by atoms with Gasteiger partial charge < -0.3 is 5.73 Å². The van der Waals surface area contributed by atoms with Crippen molar-refractivity contribution in [2.24, 2.45) is 23.5 Å². The summed E-state index contributed by atoms with van der Waals surface area (Å²) in [7, 11) is 0. The molecule has 1 heteroatoms. The van der Waals surface area contributed by atoms with Gasteiger partial charge in [-0.25, -0.2) is 0 Å². The highest BCUT2D eigenvalue weighted by Gasteiger charge is 2.36. The zero-order valence-electron chi connectivity index (χ0n) is 8.84. The average Bonchev–Trinajstić information content (AvgIpc) is 2.16. The lowest BCUT2D eigenvalue weighted by molar-refractivity contribution is 0.106. The molecule has 2 N–H and O–H groups in total. The molecule has 13 heavy (non-hydrogen) atoms. The SMILES string of the molecule is CCC1CCCC(C2CCC2N)C1. The van der Waals surface area contributed by atoms with E-state index in [1.807, 2.05) is 0 Å². The molecular weight excluding hydrogens is 158 g/mol. The number of nitrogens with two attached hydrogens (primary N) is 1. The van der Waals surface area contributed by atoms with Gasteiger partial charge in [0.2, 0.25) is 0 Å². The molecule has 0 heterocycles. The van der Waals surface area contributed by atoms with Crippen molar-refractivity contribution in [1.82, 2.24) is 0 Å². The first kappa shape index (κ1) is 9.51. The van der Waals surface area contributed by atoms with Gasteiger partial charge in [0.05, 0.1) is 0 Å². The molecule has 0 aliphatic heterocycles. The molecule has 0 bridgehead atoms. The van der Waals surface area contributed by atoms with Crippen molar-refractivity contribution in [3.05, 3.63) is 0 Å². The second kappa shape index (κ2) is 4.00. The highest BCUT2D eigenvalue weighted by atomic mass is 14.7. The Morgan fingerprint density at radius 1 is 1.15 bits per heavy atom. The normalized spacial score (nSPS) is 45.7. The summed E-state index contributed by atoms with van der Waals surface area (Å²) < 4.78 is 0. The Morgan fingerprint density at radius 3 is 2.54 bits per heavy atom. The standard InChI is InChI=1S/C12H23N/c1-2-9-4-3-5-10(8-9)11-6-7-12(11)13/h9-12H,2-8,13H2,1H3. The maximum absolute atomic E-state index is 6.04. The van der Waals surface area contributed by atoms with Gasteiger partial charge in [-0.15, -0.1) is 0 Å². The fourth-order valence-corrected chi connectivity index (χ4v) is 3.23. The summed E-state index contributed by atoms with van der Waals surface area (Å²) in [5, 5.41) is 0. The fourth-order valence-electron chi connectivity index (χ4n) is 3.23. The van der Waals surface area contributed by atoms with Gasteiger partial charge in [0, 0.05) is 6.04 Å². The smallest absolute Gasteiger partial charge is 0.00699 e.